The number of anilines is 1. The van der Waals surface area contributed by atoms with Gasteiger partial charge in [-0.2, -0.15) is 0 Å². The van der Waals surface area contributed by atoms with Crippen molar-refractivity contribution >= 4 is 51.1 Å². The molecule has 40 heavy (non-hydrogen) atoms. The summed E-state index contributed by atoms with van der Waals surface area (Å²) in [7, 11) is 0. The van der Waals surface area contributed by atoms with Crippen LogP contribution in [0.15, 0.2) is 55.6 Å². The summed E-state index contributed by atoms with van der Waals surface area (Å²) >= 11 is 5.53. The molecule has 3 saturated heterocycles. The van der Waals surface area contributed by atoms with Crippen LogP contribution in [0.1, 0.15) is 46.5 Å². The van der Waals surface area contributed by atoms with Crippen LogP contribution in [0.4, 0.5) is 5.69 Å². The highest BCUT2D eigenvalue weighted by atomic mass is 79.9. The maximum atomic E-state index is 14.5. The van der Waals surface area contributed by atoms with Gasteiger partial charge in [-0.3, -0.25) is 14.4 Å². The zero-order chi connectivity index (χ0) is 29.2. The van der Waals surface area contributed by atoms with Crippen molar-refractivity contribution in [2.24, 2.45) is 11.8 Å². The summed E-state index contributed by atoms with van der Waals surface area (Å²) in [6.07, 6.45) is 6.17. The first kappa shape index (κ1) is 30.8. The second-order valence-electron chi connectivity index (χ2n) is 12.0. The number of thioether (sulfide) groups is 1. The summed E-state index contributed by atoms with van der Waals surface area (Å²) in [6.45, 7) is 15.0. The molecule has 0 saturated carbocycles. The van der Waals surface area contributed by atoms with Crippen LogP contribution < -0.4 is 4.90 Å². The third-order valence-corrected chi connectivity index (χ3v) is 11.6. The van der Waals surface area contributed by atoms with Crippen LogP contribution in [0.2, 0.25) is 0 Å². The van der Waals surface area contributed by atoms with E-state index in [-0.39, 0.29) is 34.4 Å². The minimum Gasteiger partial charge on any atom is -0.396 e. The predicted molar refractivity (Wildman–Crippen MR) is 166 cm³/mol. The van der Waals surface area contributed by atoms with Crippen LogP contribution in [-0.2, 0) is 14.4 Å². The molecule has 4 rings (SSSR count). The van der Waals surface area contributed by atoms with Crippen LogP contribution in [0, 0.1) is 11.8 Å². The average molecular weight is 633 g/mol. The SMILES string of the molecule is C=CCN(C(=O)[C@H]1[C@@H]2SC3(CC2Br)C(C(=O)N(CC=C)C(C)(C)C)N(CCCCCO)C(=O)[C@H]13)c1ccccc1. The van der Waals surface area contributed by atoms with Crippen molar-refractivity contribution in [1.82, 2.24) is 9.80 Å². The Bertz CT molecular complexity index is 1130. The Morgan fingerprint density at radius 3 is 2.40 bits per heavy atom. The summed E-state index contributed by atoms with van der Waals surface area (Å²) < 4.78 is -0.703. The first-order chi connectivity index (χ1) is 19.0. The molecular formula is C31H42BrN3O4S. The molecule has 1 aromatic rings. The van der Waals surface area contributed by atoms with Gasteiger partial charge in [0.2, 0.25) is 17.7 Å². The van der Waals surface area contributed by atoms with Crippen molar-refractivity contribution in [3.05, 3.63) is 55.6 Å². The maximum absolute atomic E-state index is 14.5. The van der Waals surface area contributed by atoms with Gasteiger partial charge in [0.25, 0.3) is 0 Å². The summed E-state index contributed by atoms with van der Waals surface area (Å²) in [5.74, 6) is -1.43. The van der Waals surface area contributed by atoms with Gasteiger partial charge >= 0.3 is 0 Å². The molecule has 1 N–H and O–H groups in total. The number of amides is 3. The fourth-order valence-electron chi connectivity index (χ4n) is 6.71. The van der Waals surface area contributed by atoms with E-state index in [9.17, 15) is 19.5 Å². The van der Waals surface area contributed by atoms with Gasteiger partial charge in [-0.25, -0.2) is 0 Å². The van der Waals surface area contributed by atoms with Gasteiger partial charge in [0, 0.05) is 47.5 Å². The monoisotopic (exact) mass is 631 g/mol. The average Bonchev–Trinajstić information content (AvgIpc) is 3.50. The van der Waals surface area contributed by atoms with E-state index < -0.39 is 28.2 Å². The normalized spacial score (nSPS) is 28.9. The number of carbonyl (C=O) groups excluding carboxylic acids is 3. The van der Waals surface area contributed by atoms with E-state index >= 15 is 0 Å². The van der Waals surface area contributed by atoms with Crippen LogP contribution in [0.3, 0.4) is 0 Å². The number of benzene rings is 1. The van der Waals surface area contributed by atoms with Crippen molar-refractivity contribution in [3.8, 4) is 0 Å². The quantitative estimate of drug-likeness (QED) is 0.206. The fourth-order valence-corrected chi connectivity index (χ4v) is 10.3. The van der Waals surface area contributed by atoms with Crippen LogP contribution in [0.5, 0.6) is 0 Å². The van der Waals surface area contributed by atoms with Crippen molar-refractivity contribution in [3.63, 3.8) is 0 Å². The summed E-state index contributed by atoms with van der Waals surface area (Å²) in [5.41, 5.74) is 0.299. The van der Waals surface area contributed by atoms with E-state index in [0.29, 0.717) is 38.9 Å². The smallest absolute Gasteiger partial charge is 0.247 e. The summed E-state index contributed by atoms with van der Waals surface area (Å²) in [4.78, 5) is 48.6. The molecule has 2 bridgehead atoms. The van der Waals surface area contributed by atoms with E-state index in [2.05, 4.69) is 29.1 Å². The largest absolute Gasteiger partial charge is 0.396 e. The van der Waals surface area contributed by atoms with Crippen LogP contribution in [0.25, 0.3) is 0 Å². The minimum atomic E-state index is -0.703. The minimum absolute atomic E-state index is 0.00369. The number of aliphatic hydroxyl groups is 1. The number of aliphatic hydroxyl groups excluding tert-OH is 1. The van der Waals surface area contributed by atoms with Crippen LogP contribution in [-0.4, -0.2) is 85.3 Å². The number of para-hydroxylation sites is 1. The van der Waals surface area contributed by atoms with Crippen molar-refractivity contribution in [2.75, 3.05) is 31.1 Å². The number of nitrogens with zero attached hydrogens (tertiary/aromatic N) is 3. The first-order valence-electron chi connectivity index (χ1n) is 14.2. The Morgan fingerprint density at radius 2 is 1.80 bits per heavy atom. The summed E-state index contributed by atoms with van der Waals surface area (Å²) in [6, 6.07) is 8.83. The maximum Gasteiger partial charge on any atom is 0.247 e. The van der Waals surface area contributed by atoms with E-state index in [1.54, 1.807) is 33.7 Å². The summed E-state index contributed by atoms with van der Waals surface area (Å²) in [5, 5.41) is 9.18. The highest BCUT2D eigenvalue weighted by Crippen LogP contribution is 2.68. The van der Waals surface area contributed by atoms with Gasteiger partial charge in [0.05, 0.1) is 16.6 Å². The molecule has 3 fully saturated rings. The second kappa shape index (κ2) is 12.4. The molecule has 3 aliphatic rings. The van der Waals surface area contributed by atoms with Gasteiger partial charge in [-0.05, 0) is 58.6 Å². The Labute approximate surface area is 251 Å². The zero-order valence-electron chi connectivity index (χ0n) is 23.8. The Kier molecular flexibility index (Phi) is 9.57. The number of alkyl halides is 1. The van der Waals surface area contributed by atoms with Crippen molar-refractivity contribution in [1.29, 1.82) is 0 Å². The van der Waals surface area contributed by atoms with Gasteiger partial charge in [-0.1, -0.05) is 46.3 Å². The molecular weight excluding hydrogens is 590 g/mol. The fraction of sp³-hybridized carbons (Fsp3) is 0.581. The second-order valence-corrected chi connectivity index (χ2v) is 14.7. The van der Waals surface area contributed by atoms with Crippen LogP contribution >= 0.6 is 27.7 Å². The zero-order valence-corrected chi connectivity index (χ0v) is 26.2. The van der Waals surface area contributed by atoms with Crippen molar-refractivity contribution < 1.29 is 19.5 Å². The van der Waals surface area contributed by atoms with Gasteiger partial charge in [0.1, 0.15) is 6.04 Å². The lowest BCUT2D eigenvalue weighted by Crippen LogP contribution is -2.59. The standard InChI is InChI=1S/C31H42BrN3O4S/c1-6-16-33(21-14-10-8-11-15-21)27(37)23-24-28(38)34(18-12-9-13-19-36)26(31(24)20-22(32)25(23)40-31)29(39)35(17-7-2)30(3,4)5/h6-8,10-11,14-15,22-26,36H,1-2,9,12-13,16-20H2,3-5H3/t22?,23-,24+,25-,26?,31?/m1/s1. The number of hydrogen-bond acceptors (Lipinski definition) is 5. The number of fused-ring (bicyclic) bond motifs is 1. The molecule has 1 spiro atoms. The number of unbranched alkanes of at least 4 members (excludes halogenated alkanes) is 2. The molecule has 3 unspecified atom stereocenters. The van der Waals surface area contributed by atoms with Gasteiger partial charge in [-0.15, -0.1) is 24.9 Å². The first-order valence-corrected chi connectivity index (χ1v) is 16.0. The third kappa shape index (κ3) is 5.41. The van der Waals surface area contributed by atoms with Crippen molar-refractivity contribution in [2.45, 2.75) is 72.9 Å². The highest BCUT2D eigenvalue weighted by Gasteiger charge is 2.76. The number of likely N-dealkylation sites (tertiary alicyclic amines) is 1. The number of hydrogen-bond donors (Lipinski definition) is 1. The molecule has 9 heteroatoms. The van der Waals surface area contributed by atoms with E-state index in [1.807, 2.05) is 56.0 Å². The van der Waals surface area contributed by atoms with E-state index in [1.165, 1.54) is 0 Å². The molecule has 0 aliphatic carbocycles. The lowest BCUT2D eigenvalue weighted by molar-refractivity contribution is -0.145. The molecule has 0 aromatic heterocycles. The third-order valence-electron chi connectivity index (χ3n) is 8.40. The topological polar surface area (TPSA) is 81.2 Å². The molecule has 6 atom stereocenters. The molecule has 7 nitrogen and oxygen atoms in total. The molecule has 0 radical (unpaired) electrons. The molecule has 3 aliphatic heterocycles. The number of halogens is 1. The van der Waals surface area contributed by atoms with E-state index in [4.69, 9.17) is 0 Å². The van der Waals surface area contributed by atoms with Gasteiger partial charge in [0.15, 0.2) is 0 Å². The lowest BCUT2D eigenvalue weighted by Gasteiger charge is -2.42. The van der Waals surface area contributed by atoms with E-state index in [0.717, 1.165) is 12.1 Å². The number of carbonyl (C=O) groups is 3. The van der Waals surface area contributed by atoms with Gasteiger partial charge < -0.3 is 19.8 Å². The molecule has 1 aromatic carbocycles. The lowest BCUT2D eigenvalue weighted by atomic mass is 9.70. The Morgan fingerprint density at radius 1 is 1.12 bits per heavy atom. The Hall–Kier alpha value is -2.10. The number of rotatable bonds is 12. The Balaban J connectivity index is 1.77. The predicted octanol–water partition coefficient (Wildman–Crippen LogP) is 4.65. The molecule has 3 amide bonds. The highest BCUT2D eigenvalue weighted by molar-refractivity contribution is 9.09. The molecule has 218 valence electrons. The molecule has 3 heterocycles.